The van der Waals surface area contributed by atoms with Gasteiger partial charge in [0.05, 0.1) is 6.61 Å². The van der Waals surface area contributed by atoms with Gasteiger partial charge >= 0.3 is 5.97 Å². The van der Waals surface area contributed by atoms with Crippen LogP contribution in [0.4, 0.5) is 0 Å². The molecular formula is C9H15N3O2. The molecule has 1 aliphatic carbocycles. The van der Waals surface area contributed by atoms with E-state index in [4.69, 9.17) is 10.3 Å². The number of hydrogen-bond donors (Lipinski definition) is 0. The lowest BCUT2D eigenvalue weighted by molar-refractivity contribution is -0.150. The molecule has 1 fully saturated rings. The number of azide groups is 1. The summed E-state index contributed by atoms with van der Waals surface area (Å²) in [6, 6.07) is 0. The number of nitrogens with zero attached hydrogens (tertiary/aromatic N) is 3. The van der Waals surface area contributed by atoms with Crippen molar-refractivity contribution in [3.8, 4) is 0 Å². The Kier molecular flexibility index (Phi) is 3.36. The second-order valence-electron chi connectivity index (χ2n) is 3.63. The monoisotopic (exact) mass is 197 g/mol. The second kappa shape index (κ2) is 4.33. The molecule has 0 aromatic rings. The van der Waals surface area contributed by atoms with Crippen LogP contribution in [0.15, 0.2) is 5.11 Å². The first-order valence-corrected chi connectivity index (χ1v) is 4.91. The predicted molar refractivity (Wildman–Crippen MR) is 51.5 cm³/mol. The molecule has 0 radical (unpaired) electrons. The molecule has 1 rings (SSSR count). The molecule has 5 nitrogen and oxygen atoms in total. The molecule has 2 atom stereocenters. The summed E-state index contributed by atoms with van der Waals surface area (Å²) in [4.78, 5) is 14.4. The van der Waals surface area contributed by atoms with Gasteiger partial charge in [0.1, 0.15) is 5.54 Å². The molecule has 1 aliphatic rings. The summed E-state index contributed by atoms with van der Waals surface area (Å²) in [5.41, 5.74) is 7.54. The van der Waals surface area contributed by atoms with Crippen LogP contribution in [-0.4, -0.2) is 18.1 Å². The summed E-state index contributed by atoms with van der Waals surface area (Å²) >= 11 is 0. The Bertz CT molecular complexity index is 273. The van der Waals surface area contributed by atoms with E-state index in [9.17, 15) is 4.79 Å². The van der Waals surface area contributed by atoms with Gasteiger partial charge in [0.2, 0.25) is 0 Å². The molecule has 5 heteroatoms. The molecule has 0 bridgehead atoms. The van der Waals surface area contributed by atoms with Crippen molar-refractivity contribution in [3.05, 3.63) is 10.4 Å². The fraction of sp³-hybridized carbons (Fsp3) is 0.889. The first-order valence-electron chi connectivity index (χ1n) is 4.91. The standard InChI is InChI=1S/C9H15N3O2/c1-3-14-8(13)9(11-12-10)6-4-5-7(9)2/h7H,3-6H2,1-2H3/t7-,9-/m0/s1. The predicted octanol–water partition coefficient (Wildman–Crippen LogP) is 2.42. The second-order valence-corrected chi connectivity index (χ2v) is 3.63. The Morgan fingerprint density at radius 2 is 2.50 bits per heavy atom. The Morgan fingerprint density at radius 1 is 1.79 bits per heavy atom. The number of ether oxygens (including phenoxy) is 1. The molecule has 0 amide bonds. The van der Waals surface area contributed by atoms with Crippen molar-refractivity contribution in [3.63, 3.8) is 0 Å². The van der Waals surface area contributed by atoms with E-state index >= 15 is 0 Å². The van der Waals surface area contributed by atoms with E-state index in [0.717, 1.165) is 12.8 Å². The number of hydrogen-bond acceptors (Lipinski definition) is 3. The highest BCUT2D eigenvalue weighted by Gasteiger charge is 2.47. The molecule has 14 heavy (non-hydrogen) atoms. The summed E-state index contributed by atoms with van der Waals surface area (Å²) in [5, 5.41) is 3.66. The van der Waals surface area contributed by atoms with E-state index in [1.165, 1.54) is 0 Å². The first-order chi connectivity index (χ1) is 6.67. The summed E-state index contributed by atoms with van der Waals surface area (Å²) in [7, 11) is 0. The molecule has 78 valence electrons. The number of rotatable bonds is 3. The van der Waals surface area contributed by atoms with Crippen LogP contribution in [-0.2, 0) is 9.53 Å². The van der Waals surface area contributed by atoms with Gasteiger partial charge in [-0.05, 0) is 31.2 Å². The summed E-state index contributed by atoms with van der Waals surface area (Å²) in [5.74, 6) is -0.291. The first kappa shape index (κ1) is 10.9. The molecule has 0 unspecified atom stereocenters. The zero-order chi connectivity index (χ0) is 10.6. The fourth-order valence-electron chi connectivity index (χ4n) is 1.99. The minimum Gasteiger partial charge on any atom is -0.465 e. The smallest absolute Gasteiger partial charge is 0.318 e. The summed E-state index contributed by atoms with van der Waals surface area (Å²) in [6.07, 6.45) is 2.44. The zero-order valence-corrected chi connectivity index (χ0v) is 8.56. The van der Waals surface area contributed by atoms with Crippen LogP contribution < -0.4 is 0 Å². The van der Waals surface area contributed by atoms with Crippen molar-refractivity contribution >= 4 is 5.97 Å². The Labute approximate surface area is 83.1 Å². The molecule has 0 aliphatic heterocycles. The summed E-state index contributed by atoms with van der Waals surface area (Å²) < 4.78 is 4.95. The lowest BCUT2D eigenvalue weighted by atomic mass is 9.89. The van der Waals surface area contributed by atoms with Gasteiger partial charge in [0.15, 0.2) is 0 Å². The Hall–Kier alpha value is -1.22. The Balaban J connectivity index is 2.92. The van der Waals surface area contributed by atoms with Gasteiger partial charge < -0.3 is 4.74 Å². The fourth-order valence-corrected chi connectivity index (χ4v) is 1.99. The van der Waals surface area contributed by atoms with Gasteiger partial charge in [0.25, 0.3) is 0 Å². The van der Waals surface area contributed by atoms with E-state index in [-0.39, 0.29) is 11.9 Å². The van der Waals surface area contributed by atoms with Crippen LogP contribution in [0, 0.1) is 5.92 Å². The van der Waals surface area contributed by atoms with Crippen LogP contribution >= 0.6 is 0 Å². The van der Waals surface area contributed by atoms with Crippen molar-refractivity contribution < 1.29 is 9.53 Å². The van der Waals surface area contributed by atoms with E-state index in [1.807, 2.05) is 6.92 Å². The molecule has 0 saturated heterocycles. The molecule has 0 aromatic heterocycles. The van der Waals surface area contributed by atoms with Crippen molar-refractivity contribution in [1.29, 1.82) is 0 Å². The van der Waals surface area contributed by atoms with Crippen LogP contribution in [0.3, 0.4) is 0 Å². The van der Waals surface area contributed by atoms with Gasteiger partial charge in [-0.25, -0.2) is 0 Å². The van der Waals surface area contributed by atoms with E-state index in [1.54, 1.807) is 6.92 Å². The third-order valence-electron chi connectivity index (χ3n) is 2.86. The van der Waals surface area contributed by atoms with Gasteiger partial charge in [-0.15, -0.1) is 0 Å². The highest BCUT2D eigenvalue weighted by Crippen LogP contribution is 2.39. The van der Waals surface area contributed by atoms with Crippen molar-refractivity contribution in [2.45, 2.75) is 38.6 Å². The average Bonchev–Trinajstić information content (AvgIpc) is 2.50. The van der Waals surface area contributed by atoms with Crippen molar-refractivity contribution in [1.82, 2.24) is 0 Å². The van der Waals surface area contributed by atoms with Gasteiger partial charge in [-0.2, -0.15) is 0 Å². The van der Waals surface area contributed by atoms with Crippen LogP contribution in [0.2, 0.25) is 0 Å². The quantitative estimate of drug-likeness (QED) is 0.301. The molecule has 0 spiro atoms. The lowest BCUT2D eigenvalue weighted by Gasteiger charge is -2.25. The third-order valence-corrected chi connectivity index (χ3v) is 2.86. The largest absolute Gasteiger partial charge is 0.465 e. The molecule has 1 saturated carbocycles. The maximum atomic E-state index is 11.7. The van der Waals surface area contributed by atoms with Gasteiger partial charge in [-0.1, -0.05) is 18.5 Å². The van der Waals surface area contributed by atoms with Crippen molar-refractivity contribution in [2.24, 2.45) is 11.0 Å². The van der Waals surface area contributed by atoms with Gasteiger partial charge in [0, 0.05) is 4.91 Å². The van der Waals surface area contributed by atoms with Gasteiger partial charge in [-0.3, -0.25) is 4.79 Å². The highest BCUT2D eigenvalue weighted by atomic mass is 16.5. The maximum Gasteiger partial charge on any atom is 0.318 e. The highest BCUT2D eigenvalue weighted by molar-refractivity contribution is 5.82. The van der Waals surface area contributed by atoms with Crippen LogP contribution in [0.25, 0.3) is 10.4 Å². The minimum atomic E-state index is -0.940. The number of carbonyl (C=O) groups is 1. The summed E-state index contributed by atoms with van der Waals surface area (Å²) in [6.45, 7) is 4.01. The maximum absolute atomic E-state index is 11.7. The van der Waals surface area contributed by atoms with E-state index in [0.29, 0.717) is 13.0 Å². The third kappa shape index (κ3) is 1.68. The minimum absolute atomic E-state index is 0.0810. The van der Waals surface area contributed by atoms with Crippen LogP contribution in [0.1, 0.15) is 33.1 Å². The van der Waals surface area contributed by atoms with Crippen LogP contribution in [0.5, 0.6) is 0 Å². The number of carbonyl (C=O) groups excluding carboxylic acids is 1. The molecular weight excluding hydrogens is 182 g/mol. The normalized spacial score (nSPS) is 30.9. The average molecular weight is 197 g/mol. The number of esters is 1. The lowest BCUT2D eigenvalue weighted by Crippen LogP contribution is -2.40. The Morgan fingerprint density at radius 3 is 2.93 bits per heavy atom. The topological polar surface area (TPSA) is 75.1 Å². The molecule has 0 aromatic carbocycles. The van der Waals surface area contributed by atoms with Crippen molar-refractivity contribution in [2.75, 3.05) is 6.61 Å². The SMILES string of the molecule is CCOC(=O)[C@]1(N=[N+]=[N-])CCC[C@@H]1C. The van der Waals surface area contributed by atoms with E-state index < -0.39 is 5.54 Å². The molecule has 0 N–H and O–H groups in total. The zero-order valence-electron chi connectivity index (χ0n) is 8.56. The van der Waals surface area contributed by atoms with E-state index in [2.05, 4.69) is 10.0 Å². The molecule has 0 heterocycles.